The molecule has 0 saturated heterocycles. The molecule has 1 amide bonds. The normalized spacial score (nSPS) is 12.8. The molecular formula is C15H16F3N3O3. The second kappa shape index (κ2) is 6.91. The zero-order chi connectivity index (χ0) is 17.9. The summed E-state index contributed by atoms with van der Waals surface area (Å²) >= 11 is 0. The average molecular weight is 343 g/mol. The minimum atomic E-state index is -4.73. The number of hydrogen-bond acceptors (Lipinski definition) is 4. The van der Waals surface area contributed by atoms with Crippen molar-refractivity contribution in [3.63, 3.8) is 0 Å². The molecule has 0 aliphatic rings. The van der Waals surface area contributed by atoms with Gasteiger partial charge in [0.15, 0.2) is 5.69 Å². The van der Waals surface area contributed by atoms with E-state index in [1.54, 1.807) is 24.3 Å². The van der Waals surface area contributed by atoms with Gasteiger partial charge in [-0.3, -0.25) is 9.48 Å². The third-order valence-corrected chi connectivity index (χ3v) is 3.30. The average Bonchev–Trinajstić information content (AvgIpc) is 2.94. The summed E-state index contributed by atoms with van der Waals surface area (Å²) in [4.78, 5) is 12.0. The molecule has 0 bridgehead atoms. The number of alkyl halides is 3. The molecule has 6 nitrogen and oxygen atoms in total. The van der Waals surface area contributed by atoms with E-state index in [9.17, 15) is 23.1 Å². The Kier molecular flexibility index (Phi) is 5.13. The molecular weight excluding hydrogens is 327 g/mol. The quantitative estimate of drug-likeness (QED) is 0.870. The summed E-state index contributed by atoms with van der Waals surface area (Å²) in [6.45, 7) is -0.239. The number of carbonyl (C=O) groups is 1. The Balaban J connectivity index is 2.05. The number of rotatable bonds is 5. The van der Waals surface area contributed by atoms with Crippen molar-refractivity contribution >= 4 is 5.91 Å². The van der Waals surface area contributed by atoms with Crippen LogP contribution in [-0.2, 0) is 13.2 Å². The lowest BCUT2D eigenvalue weighted by atomic mass is 10.1. The van der Waals surface area contributed by atoms with Crippen LogP contribution < -0.4 is 10.1 Å². The number of methoxy groups -OCH3 is 1. The van der Waals surface area contributed by atoms with Gasteiger partial charge in [-0.1, -0.05) is 12.1 Å². The van der Waals surface area contributed by atoms with Crippen LogP contribution in [0, 0.1) is 0 Å². The van der Waals surface area contributed by atoms with Gasteiger partial charge >= 0.3 is 6.18 Å². The van der Waals surface area contributed by atoms with Crippen LogP contribution in [0.1, 0.15) is 27.7 Å². The molecule has 0 saturated carbocycles. The fourth-order valence-corrected chi connectivity index (χ4v) is 2.09. The van der Waals surface area contributed by atoms with Crippen LogP contribution in [-0.4, -0.2) is 34.4 Å². The van der Waals surface area contributed by atoms with E-state index in [1.807, 2.05) is 0 Å². The molecule has 1 aromatic carbocycles. The van der Waals surface area contributed by atoms with Crippen LogP contribution in [0.5, 0.6) is 5.75 Å². The largest absolute Gasteiger partial charge is 0.497 e. The Morgan fingerprint density at radius 3 is 2.54 bits per heavy atom. The predicted molar refractivity (Wildman–Crippen MR) is 78.5 cm³/mol. The maximum atomic E-state index is 12.8. The number of aliphatic hydroxyl groups is 1. The zero-order valence-electron chi connectivity index (χ0n) is 13.0. The van der Waals surface area contributed by atoms with Crippen molar-refractivity contribution < 1.29 is 27.8 Å². The van der Waals surface area contributed by atoms with Crippen molar-refractivity contribution in [1.82, 2.24) is 15.1 Å². The van der Waals surface area contributed by atoms with Crippen LogP contribution in [0.25, 0.3) is 0 Å². The molecule has 1 unspecified atom stereocenters. The maximum Gasteiger partial charge on any atom is 0.435 e. The van der Waals surface area contributed by atoms with Crippen LogP contribution in [0.4, 0.5) is 13.2 Å². The van der Waals surface area contributed by atoms with E-state index >= 15 is 0 Å². The maximum absolute atomic E-state index is 12.8. The Morgan fingerprint density at radius 2 is 2.00 bits per heavy atom. The summed E-state index contributed by atoms with van der Waals surface area (Å²) in [5, 5.41) is 15.6. The summed E-state index contributed by atoms with van der Waals surface area (Å²) in [5.41, 5.74) is -1.35. The second-order valence-corrected chi connectivity index (χ2v) is 5.06. The van der Waals surface area contributed by atoms with Gasteiger partial charge in [0.1, 0.15) is 5.75 Å². The summed E-state index contributed by atoms with van der Waals surface area (Å²) in [7, 11) is 2.79. The lowest BCUT2D eigenvalue weighted by Crippen LogP contribution is -2.29. The molecule has 2 rings (SSSR count). The number of carbonyl (C=O) groups excluding carboxylic acids is 1. The van der Waals surface area contributed by atoms with Crippen molar-refractivity contribution in [1.29, 1.82) is 0 Å². The second-order valence-electron chi connectivity index (χ2n) is 5.06. The van der Waals surface area contributed by atoms with Crippen LogP contribution >= 0.6 is 0 Å². The fourth-order valence-electron chi connectivity index (χ4n) is 2.09. The number of halogens is 3. The van der Waals surface area contributed by atoms with Crippen LogP contribution in [0.2, 0.25) is 0 Å². The summed E-state index contributed by atoms with van der Waals surface area (Å²) in [6, 6.07) is 6.45. The van der Waals surface area contributed by atoms with Gasteiger partial charge in [0.2, 0.25) is 0 Å². The standard InChI is InChI=1S/C15H16F3N3O3/c1-21-8-11(13(20-21)15(16,17)18)14(23)19-7-12(22)9-3-5-10(24-2)6-4-9/h3-6,8,12,22H,7H2,1-2H3,(H,19,23). The van der Waals surface area contributed by atoms with Gasteiger partial charge < -0.3 is 15.2 Å². The molecule has 1 heterocycles. The van der Waals surface area contributed by atoms with E-state index in [1.165, 1.54) is 14.2 Å². The third kappa shape index (κ3) is 4.05. The van der Waals surface area contributed by atoms with Gasteiger partial charge in [0.05, 0.1) is 18.8 Å². The number of amides is 1. The van der Waals surface area contributed by atoms with E-state index < -0.39 is 29.4 Å². The summed E-state index contributed by atoms with van der Waals surface area (Å²) in [6.07, 6.45) is -4.81. The van der Waals surface area contributed by atoms with Crippen molar-refractivity contribution in [3.8, 4) is 5.75 Å². The summed E-state index contributed by atoms with van der Waals surface area (Å²) in [5.74, 6) is -0.358. The molecule has 0 aliphatic heterocycles. The number of ether oxygens (including phenoxy) is 1. The lowest BCUT2D eigenvalue weighted by Gasteiger charge is -2.13. The highest BCUT2D eigenvalue weighted by atomic mass is 19.4. The minimum Gasteiger partial charge on any atom is -0.497 e. The predicted octanol–water partition coefficient (Wildman–Crippen LogP) is 1.91. The third-order valence-electron chi connectivity index (χ3n) is 3.30. The highest BCUT2D eigenvalue weighted by Crippen LogP contribution is 2.30. The van der Waals surface area contributed by atoms with Crippen molar-refractivity contribution in [2.24, 2.45) is 7.05 Å². The van der Waals surface area contributed by atoms with Gasteiger partial charge in [0.25, 0.3) is 5.91 Å². The molecule has 9 heteroatoms. The highest BCUT2D eigenvalue weighted by molar-refractivity contribution is 5.95. The molecule has 0 fully saturated rings. The number of hydrogen-bond donors (Lipinski definition) is 2. The van der Waals surface area contributed by atoms with Gasteiger partial charge in [-0.25, -0.2) is 0 Å². The Morgan fingerprint density at radius 1 is 1.38 bits per heavy atom. The Bertz CT molecular complexity index is 711. The molecule has 24 heavy (non-hydrogen) atoms. The first kappa shape index (κ1) is 17.8. The number of aromatic nitrogens is 2. The fraction of sp³-hybridized carbons (Fsp3) is 0.333. The number of benzene rings is 1. The Labute approximate surface area is 135 Å². The summed E-state index contributed by atoms with van der Waals surface area (Å²) < 4.78 is 44.4. The topological polar surface area (TPSA) is 76.4 Å². The first-order valence-corrected chi connectivity index (χ1v) is 6.93. The van der Waals surface area contributed by atoms with Gasteiger partial charge in [-0.15, -0.1) is 0 Å². The molecule has 0 radical (unpaired) electrons. The van der Waals surface area contributed by atoms with E-state index in [-0.39, 0.29) is 6.54 Å². The molecule has 2 aromatic rings. The zero-order valence-corrected chi connectivity index (χ0v) is 13.0. The monoisotopic (exact) mass is 343 g/mol. The van der Waals surface area contributed by atoms with E-state index in [2.05, 4.69) is 10.4 Å². The number of nitrogens with zero attached hydrogens (tertiary/aromatic N) is 2. The molecule has 1 aromatic heterocycles. The number of aliphatic hydroxyl groups excluding tert-OH is 1. The van der Waals surface area contributed by atoms with E-state index in [4.69, 9.17) is 4.74 Å². The number of nitrogens with one attached hydrogen (secondary N) is 1. The van der Waals surface area contributed by atoms with Gasteiger partial charge in [0, 0.05) is 19.8 Å². The van der Waals surface area contributed by atoms with E-state index in [0.29, 0.717) is 11.3 Å². The molecule has 0 aliphatic carbocycles. The molecule has 2 N–H and O–H groups in total. The molecule has 0 spiro atoms. The highest BCUT2D eigenvalue weighted by Gasteiger charge is 2.38. The van der Waals surface area contributed by atoms with Crippen molar-refractivity contribution in [2.75, 3.05) is 13.7 Å². The van der Waals surface area contributed by atoms with Crippen molar-refractivity contribution in [2.45, 2.75) is 12.3 Å². The first-order chi connectivity index (χ1) is 11.2. The van der Waals surface area contributed by atoms with E-state index in [0.717, 1.165) is 10.9 Å². The molecule has 1 atom stereocenters. The van der Waals surface area contributed by atoms with Crippen molar-refractivity contribution in [3.05, 3.63) is 47.3 Å². The van der Waals surface area contributed by atoms with Gasteiger partial charge in [-0.05, 0) is 17.7 Å². The number of aryl methyl sites for hydroxylation is 1. The van der Waals surface area contributed by atoms with Crippen LogP contribution in [0.3, 0.4) is 0 Å². The smallest absolute Gasteiger partial charge is 0.435 e. The first-order valence-electron chi connectivity index (χ1n) is 6.93. The van der Waals surface area contributed by atoms with Gasteiger partial charge in [-0.2, -0.15) is 18.3 Å². The lowest BCUT2D eigenvalue weighted by molar-refractivity contribution is -0.141. The minimum absolute atomic E-state index is 0.239. The Hall–Kier alpha value is -2.55. The molecule has 130 valence electrons. The SMILES string of the molecule is COc1ccc(C(O)CNC(=O)c2cn(C)nc2C(F)(F)F)cc1. The van der Waals surface area contributed by atoms with Crippen LogP contribution in [0.15, 0.2) is 30.5 Å².